The summed E-state index contributed by atoms with van der Waals surface area (Å²) in [6, 6.07) is 0. The number of carbonyl (C=O) groups is 2. The van der Waals surface area contributed by atoms with Crippen LogP contribution in [0.15, 0.2) is 12.2 Å². The van der Waals surface area contributed by atoms with E-state index < -0.39 is 18.2 Å². The second kappa shape index (κ2) is 13.9. The second-order valence-electron chi connectivity index (χ2n) is 7.93. The van der Waals surface area contributed by atoms with E-state index in [1.54, 1.807) is 0 Å². The Balaban J connectivity index is 2.32. The van der Waals surface area contributed by atoms with E-state index in [0.717, 1.165) is 12.8 Å². The van der Waals surface area contributed by atoms with Crippen molar-refractivity contribution in [1.82, 2.24) is 0 Å². The highest BCUT2D eigenvalue weighted by Crippen LogP contribution is 2.38. The van der Waals surface area contributed by atoms with E-state index in [9.17, 15) is 19.8 Å². The molecule has 5 nitrogen and oxygen atoms in total. The molecule has 0 aromatic heterocycles. The zero-order valence-corrected chi connectivity index (χ0v) is 16.8. The van der Waals surface area contributed by atoms with Crippen molar-refractivity contribution in [2.45, 2.75) is 103 Å². The highest BCUT2D eigenvalue weighted by molar-refractivity contribution is 5.78. The molecule has 1 saturated carbocycles. The summed E-state index contributed by atoms with van der Waals surface area (Å²) in [6.45, 7) is 2.17. The Morgan fingerprint density at radius 3 is 2.30 bits per heavy atom. The number of carboxylic acids is 1. The summed E-state index contributed by atoms with van der Waals surface area (Å²) >= 11 is 0. The monoisotopic (exact) mass is 382 g/mol. The van der Waals surface area contributed by atoms with Crippen molar-refractivity contribution >= 4 is 11.8 Å². The number of hydrogen-bond acceptors (Lipinski definition) is 4. The quantitative estimate of drug-likeness (QED) is 0.291. The molecule has 27 heavy (non-hydrogen) atoms. The largest absolute Gasteiger partial charge is 0.481 e. The number of aliphatic hydroxyl groups excluding tert-OH is 2. The van der Waals surface area contributed by atoms with Crippen LogP contribution in [0.4, 0.5) is 0 Å². The molecule has 0 radical (unpaired) electrons. The lowest BCUT2D eigenvalue weighted by molar-refractivity contribution is -0.137. The molecule has 4 atom stereocenters. The minimum Gasteiger partial charge on any atom is -0.481 e. The fourth-order valence-electron chi connectivity index (χ4n) is 4.03. The molecule has 1 aliphatic carbocycles. The zero-order valence-electron chi connectivity index (χ0n) is 16.8. The molecule has 1 aliphatic rings. The Kier molecular flexibility index (Phi) is 12.3. The number of carbonyl (C=O) groups excluding carboxylic acids is 1. The number of carboxylic acid groups (broad SMARTS) is 1. The van der Waals surface area contributed by atoms with Crippen LogP contribution in [0.3, 0.4) is 0 Å². The van der Waals surface area contributed by atoms with Gasteiger partial charge in [0.15, 0.2) is 0 Å². The minimum atomic E-state index is -0.784. The summed E-state index contributed by atoms with van der Waals surface area (Å²) in [7, 11) is 0. The first kappa shape index (κ1) is 23.8. The predicted molar refractivity (Wildman–Crippen MR) is 106 cm³/mol. The summed E-state index contributed by atoms with van der Waals surface area (Å²) in [6.07, 6.45) is 12.8. The third kappa shape index (κ3) is 10.1. The van der Waals surface area contributed by atoms with Gasteiger partial charge < -0.3 is 15.3 Å². The van der Waals surface area contributed by atoms with Crippen molar-refractivity contribution in [2.24, 2.45) is 11.8 Å². The standard InChI is InChI=1S/C22H38O5/c1-2-3-4-5-8-11-17(23)14-15-19-18(20(24)16-21(19)25)12-9-6-7-10-13-22(26)27/h6,9,18-21,24-25H,2-5,7-8,10-16H2,1H3,(H,26,27)/b9-6+/t18-,19?,20+,21-/m1/s1. The summed E-state index contributed by atoms with van der Waals surface area (Å²) in [5, 5.41) is 29.1. The molecule has 5 heteroatoms. The van der Waals surface area contributed by atoms with Gasteiger partial charge in [0, 0.05) is 19.3 Å². The Hall–Kier alpha value is -1.20. The summed E-state index contributed by atoms with van der Waals surface area (Å²) < 4.78 is 0. The number of ketones is 1. The molecule has 3 N–H and O–H groups in total. The molecule has 0 aromatic carbocycles. The van der Waals surface area contributed by atoms with Gasteiger partial charge in [-0.2, -0.15) is 0 Å². The van der Waals surface area contributed by atoms with Crippen LogP contribution in [0.25, 0.3) is 0 Å². The number of aliphatic hydroxyl groups is 2. The number of hydrogen-bond donors (Lipinski definition) is 3. The third-order valence-electron chi connectivity index (χ3n) is 5.67. The van der Waals surface area contributed by atoms with Gasteiger partial charge in [-0.15, -0.1) is 0 Å². The molecule has 1 rings (SSSR count). The lowest BCUT2D eigenvalue weighted by Gasteiger charge is -2.22. The maximum Gasteiger partial charge on any atom is 0.303 e. The van der Waals surface area contributed by atoms with Crippen molar-refractivity contribution in [2.75, 3.05) is 0 Å². The van der Waals surface area contributed by atoms with E-state index in [1.165, 1.54) is 19.3 Å². The Morgan fingerprint density at radius 1 is 0.889 bits per heavy atom. The lowest BCUT2D eigenvalue weighted by Crippen LogP contribution is -2.22. The van der Waals surface area contributed by atoms with Gasteiger partial charge in [-0.1, -0.05) is 44.8 Å². The summed E-state index contributed by atoms with van der Waals surface area (Å²) in [5.41, 5.74) is 0. The smallest absolute Gasteiger partial charge is 0.303 e. The fraction of sp³-hybridized carbons (Fsp3) is 0.818. The van der Waals surface area contributed by atoms with Gasteiger partial charge in [0.05, 0.1) is 12.2 Å². The predicted octanol–water partition coefficient (Wildman–Crippen LogP) is 4.26. The molecular weight excluding hydrogens is 344 g/mol. The van der Waals surface area contributed by atoms with Crippen molar-refractivity contribution in [3.8, 4) is 0 Å². The maximum absolute atomic E-state index is 12.1. The first-order valence-corrected chi connectivity index (χ1v) is 10.7. The van der Waals surface area contributed by atoms with Crippen molar-refractivity contribution in [1.29, 1.82) is 0 Å². The second-order valence-corrected chi connectivity index (χ2v) is 7.93. The Labute approximate surface area is 163 Å². The van der Waals surface area contributed by atoms with Gasteiger partial charge >= 0.3 is 5.97 Å². The van der Waals surface area contributed by atoms with Crippen LogP contribution in [-0.2, 0) is 9.59 Å². The Bertz CT molecular complexity index is 460. The lowest BCUT2D eigenvalue weighted by atomic mass is 9.86. The minimum absolute atomic E-state index is 0.0203. The highest BCUT2D eigenvalue weighted by Gasteiger charge is 2.40. The van der Waals surface area contributed by atoms with Crippen LogP contribution >= 0.6 is 0 Å². The van der Waals surface area contributed by atoms with E-state index in [1.807, 2.05) is 12.2 Å². The van der Waals surface area contributed by atoms with Crippen LogP contribution < -0.4 is 0 Å². The van der Waals surface area contributed by atoms with E-state index in [-0.39, 0.29) is 24.0 Å². The summed E-state index contributed by atoms with van der Waals surface area (Å²) in [5.74, 6) is -0.573. The van der Waals surface area contributed by atoms with E-state index in [4.69, 9.17) is 5.11 Å². The average Bonchev–Trinajstić information content (AvgIpc) is 2.88. The Morgan fingerprint density at radius 2 is 1.59 bits per heavy atom. The summed E-state index contributed by atoms with van der Waals surface area (Å²) in [4.78, 5) is 22.6. The van der Waals surface area contributed by atoms with Crippen molar-refractivity contribution in [3.63, 3.8) is 0 Å². The van der Waals surface area contributed by atoms with Crippen LogP contribution in [0.5, 0.6) is 0 Å². The van der Waals surface area contributed by atoms with Crippen LogP contribution in [0, 0.1) is 11.8 Å². The first-order valence-electron chi connectivity index (χ1n) is 10.7. The van der Waals surface area contributed by atoms with Crippen LogP contribution in [-0.4, -0.2) is 39.3 Å². The maximum atomic E-state index is 12.1. The number of aliphatic carboxylic acids is 1. The van der Waals surface area contributed by atoms with E-state index in [2.05, 4.69) is 6.92 Å². The first-order chi connectivity index (χ1) is 13.0. The van der Waals surface area contributed by atoms with Gasteiger partial charge in [0.1, 0.15) is 5.78 Å². The number of allylic oxidation sites excluding steroid dienone is 2. The topological polar surface area (TPSA) is 94.8 Å². The molecule has 0 aromatic rings. The highest BCUT2D eigenvalue weighted by atomic mass is 16.4. The van der Waals surface area contributed by atoms with E-state index in [0.29, 0.717) is 44.9 Å². The van der Waals surface area contributed by atoms with E-state index >= 15 is 0 Å². The van der Waals surface area contributed by atoms with Gasteiger partial charge in [0.25, 0.3) is 0 Å². The van der Waals surface area contributed by atoms with Gasteiger partial charge in [0.2, 0.25) is 0 Å². The van der Waals surface area contributed by atoms with Gasteiger partial charge in [-0.3, -0.25) is 9.59 Å². The number of rotatable bonds is 15. The molecular formula is C22H38O5. The zero-order chi connectivity index (χ0) is 20.1. The molecule has 1 fully saturated rings. The van der Waals surface area contributed by atoms with Crippen LogP contribution in [0.2, 0.25) is 0 Å². The molecule has 0 heterocycles. The SMILES string of the molecule is CCCCCCCC(=O)CCC1[C@H](O)C[C@H](O)[C@@H]1C/C=C/CCCC(=O)O. The average molecular weight is 383 g/mol. The normalized spacial score (nSPS) is 25.3. The third-order valence-corrected chi connectivity index (χ3v) is 5.67. The molecule has 0 saturated heterocycles. The molecule has 1 unspecified atom stereocenters. The van der Waals surface area contributed by atoms with Crippen molar-refractivity contribution < 1.29 is 24.9 Å². The number of Topliss-reactive ketones (excluding diaryl/α,β-unsaturated/α-hetero) is 1. The molecule has 0 bridgehead atoms. The van der Waals surface area contributed by atoms with Crippen LogP contribution in [0.1, 0.15) is 90.4 Å². The van der Waals surface area contributed by atoms with Crippen molar-refractivity contribution in [3.05, 3.63) is 12.2 Å². The fourth-order valence-corrected chi connectivity index (χ4v) is 4.03. The number of unbranched alkanes of at least 4 members (excludes halogenated alkanes) is 5. The van der Waals surface area contributed by atoms with Gasteiger partial charge in [-0.05, 0) is 50.4 Å². The molecule has 0 spiro atoms. The molecule has 0 aliphatic heterocycles. The van der Waals surface area contributed by atoms with Gasteiger partial charge in [-0.25, -0.2) is 0 Å². The molecule has 156 valence electrons. The molecule has 0 amide bonds.